The molecule has 12 aromatic rings. The number of hydrogen-bond acceptors (Lipinski definition) is 4. The van der Waals surface area contributed by atoms with Crippen LogP contribution in [0.25, 0.3) is 58.8 Å². The number of benzene rings is 10. The molecule has 0 atom stereocenters. The number of hydrogen-bond donors (Lipinski definition) is 0. The topological polar surface area (TPSA) is 14.7 Å². The third kappa shape index (κ3) is 8.36. The van der Waals surface area contributed by atoms with E-state index in [2.05, 4.69) is 0 Å². The van der Waals surface area contributed by atoms with Crippen molar-refractivity contribution in [2.24, 2.45) is 0 Å². The van der Waals surface area contributed by atoms with E-state index in [-0.39, 0.29) is 110 Å². The lowest BCUT2D eigenvalue weighted by Gasteiger charge is -2.47. The first-order valence-electron chi connectivity index (χ1n) is 44.5. The van der Waals surface area contributed by atoms with Crippen LogP contribution >= 0.6 is 11.3 Å². The molecule has 3 aliphatic heterocycles. The number of thiophene rings is 1. The number of nitrogens with zero attached hydrogens (tertiary/aromatic N) is 4. The van der Waals surface area contributed by atoms with Crippen molar-refractivity contribution in [1.82, 2.24) is 4.57 Å². The summed E-state index contributed by atoms with van der Waals surface area (Å²) in [5, 5.41) is -0.780. The van der Waals surface area contributed by atoms with Gasteiger partial charge in [0.1, 0.15) is 0 Å². The third-order valence-corrected chi connectivity index (χ3v) is 17.0. The first-order chi connectivity index (χ1) is 54.2. The van der Waals surface area contributed by atoms with Gasteiger partial charge in [-0.2, -0.15) is 0 Å². The predicted octanol–water partition coefficient (Wildman–Crippen LogP) is 21.2. The highest BCUT2D eigenvalue weighted by Gasteiger charge is 2.47. The molecule has 0 fully saturated rings. The van der Waals surface area contributed by atoms with E-state index < -0.39 is 271 Å². The van der Waals surface area contributed by atoms with Crippen LogP contribution in [0.5, 0.6) is 0 Å². The van der Waals surface area contributed by atoms with Crippen molar-refractivity contribution in [3.05, 3.63) is 221 Å². The van der Waals surface area contributed by atoms with Crippen LogP contribution in [0.2, 0.25) is 0 Å². The molecule has 0 spiro atoms. The molecule has 10 aromatic carbocycles. The summed E-state index contributed by atoms with van der Waals surface area (Å²) in [6.07, 6.45) is 0. The van der Waals surface area contributed by atoms with Crippen molar-refractivity contribution in [1.29, 1.82) is 0 Å². The average Bonchev–Trinajstić information content (AvgIpc) is 1.22. The second kappa shape index (κ2) is 18.6. The van der Waals surface area contributed by atoms with Crippen LogP contribution in [0.15, 0.2) is 193 Å². The molecule has 2 aromatic heterocycles. The molecule has 15 rings (SSSR count). The highest BCUT2D eigenvalue weighted by molar-refractivity contribution is 7.26. The molecule has 3 aliphatic rings. The Morgan fingerprint density at radius 2 is 0.942 bits per heavy atom. The molecule has 0 saturated heterocycles. The van der Waals surface area contributed by atoms with Crippen molar-refractivity contribution in [2.75, 3.05) is 14.7 Å². The van der Waals surface area contributed by atoms with E-state index in [4.69, 9.17) is 4.11 Å². The number of anilines is 9. The fourth-order valence-corrected chi connectivity index (χ4v) is 12.4. The lowest BCUT2D eigenvalue weighted by atomic mass is 9.33. The minimum atomic E-state index is -2.07. The van der Waals surface area contributed by atoms with Crippen molar-refractivity contribution in [2.45, 2.75) is 131 Å². The van der Waals surface area contributed by atoms with Gasteiger partial charge < -0.3 is 19.3 Å². The predicted molar refractivity (Wildman–Crippen MR) is 375 cm³/mol. The van der Waals surface area contributed by atoms with Gasteiger partial charge >= 0.3 is 0 Å². The number of aromatic nitrogens is 1. The van der Waals surface area contributed by atoms with E-state index in [1.54, 1.807) is 104 Å². The largest absolute Gasteiger partial charge is 0.311 e. The van der Waals surface area contributed by atoms with E-state index >= 15 is 0 Å². The van der Waals surface area contributed by atoms with E-state index in [9.17, 15) is 39.8 Å². The summed E-state index contributed by atoms with van der Waals surface area (Å²) >= 11 is 0.655. The van der Waals surface area contributed by atoms with Gasteiger partial charge in [-0.1, -0.05) is 194 Å². The van der Waals surface area contributed by atoms with Gasteiger partial charge in [-0.05, 0) is 185 Å². The summed E-state index contributed by atoms with van der Waals surface area (Å²) in [6.45, 7) is 22.8. The Hall–Kier alpha value is -8.32. The van der Waals surface area contributed by atoms with Gasteiger partial charge in [-0.3, -0.25) is 0 Å². The maximum atomic E-state index is 11.4. The van der Waals surface area contributed by atoms with Crippen molar-refractivity contribution >= 4 is 128 Å². The lowest BCUT2D eigenvalue weighted by Crippen LogP contribution is -2.62. The summed E-state index contributed by atoms with van der Waals surface area (Å²) in [4.78, 5) is 2.83. The van der Waals surface area contributed by atoms with Gasteiger partial charge in [0.2, 0.25) is 0 Å². The second-order valence-electron chi connectivity index (χ2n) is 27.3. The summed E-state index contributed by atoms with van der Waals surface area (Å²) < 4.78 is 324. The zero-order chi connectivity index (χ0) is 87.7. The molecule has 5 heterocycles. The fraction of sp³-hybridized carbons (Fsp3) is 0.250. The van der Waals surface area contributed by atoms with Crippen LogP contribution in [-0.2, 0) is 27.1 Å². The van der Waals surface area contributed by atoms with Gasteiger partial charge in [-0.15, -0.1) is 11.3 Å². The van der Waals surface area contributed by atoms with Crippen molar-refractivity contribution in [3.63, 3.8) is 0 Å². The van der Waals surface area contributed by atoms with E-state index in [0.29, 0.717) is 16.2 Å². The minimum absolute atomic E-state index is 0.0181. The Morgan fingerprint density at radius 1 is 0.395 bits per heavy atom. The Morgan fingerprint density at radius 3 is 1.58 bits per heavy atom. The van der Waals surface area contributed by atoms with E-state index in [1.165, 1.54) is 9.47 Å². The van der Waals surface area contributed by atoms with Crippen LogP contribution in [-0.4, -0.2) is 11.3 Å². The Labute approximate surface area is 558 Å². The van der Waals surface area contributed by atoms with Gasteiger partial charge in [0, 0.05) is 70.8 Å². The van der Waals surface area contributed by atoms with Gasteiger partial charge in [0.25, 0.3) is 6.71 Å². The summed E-state index contributed by atoms with van der Waals surface area (Å²) in [6, 6.07) is -25.3. The van der Waals surface area contributed by atoms with Crippen LogP contribution in [0.3, 0.4) is 0 Å². The number of rotatable bonds is 5. The van der Waals surface area contributed by atoms with Crippen molar-refractivity contribution < 1.29 is 43.9 Å². The molecule has 426 valence electrons. The normalized spacial score (nSPS) is 19.1. The molecule has 0 radical (unpaired) electrons. The molecule has 4 nitrogen and oxygen atoms in total. The quantitative estimate of drug-likeness (QED) is 0.160. The Bertz CT molecular complexity index is 6600. The number of fused-ring (bicyclic) bond motifs is 12. The Balaban J connectivity index is 1.23. The monoisotopic (exact) mass is 1170 g/mol. The zero-order valence-electron chi connectivity index (χ0n) is 82.3. The summed E-state index contributed by atoms with van der Waals surface area (Å²) in [7, 11) is 0. The highest BCUT2D eigenvalue weighted by Crippen LogP contribution is 2.55. The molecule has 0 bridgehead atoms. The summed E-state index contributed by atoms with van der Waals surface area (Å²) in [5.41, 5.74) is -16.4. The van der Waals surface area contributed by atoms with Crippen LogP contribution in [0.1, 0.15) is 176 Å². The van der Waals surface area contributed by atoms with E-state index in [0.717, 1.165) is 4.90 Å². The maximum absolute atomic E-state index is 11.4. The first-order valence-corrected chi connectivity index (χ1v) is 29.3. The van der Waals surface area contributed by atoms with Crippen LogP contribution in [0.4, 0.5) is 51.2 Å². The highest BCUT2D eigenvalue weighted by atomic mass is 32.1. The first kappa shape index (κ1) is 29.9. The summed E-state index contributed by atoms with van der Waals surface area (Å²) in [5.74, 6) is 0. The number of para-hydroxylation sites is 1. The second-order valence-corrected chi connectivity index (χ2v) is 28.4. The third-order valence-electron chi connectivity index (χ3n) is 16.0. The zero-order valence-corrected chi connectivity index (χ0v) is 51.1. The standard InChI is InChI=1S/C80H77BN4S/c1-76(2,3)49-28-35-54(36-29-49)82(55-37-30-50(31-38-55)77(4,5)6)57-39-40-62-66(47-57)83(56-33-26-48(27-34-56)58-21-18-25-71-72(58)59-20-16-17-24-70(59)86-71)67-44-53(80(13,14)15)45-68-73(67)81(62)63-22-19-23-65-75(63)85(68)69-46-52(79(10,11)12)43-61-60-42-51(78(7,8)9)32-41-64(60)84(65)74(61)69/h16-47H,1-15H3/i16D,17D,18D,19D,20D,21D,22D,23D,24D,25D,26D,27D,28D,29D,30D,31D,32D,33D,34D,35D,36D,37D,38D,39D,40D,41D,42D,43D,44D,45D,46D,47D. The molecule has 0 amide bonds. The molecule has 0 N–H and O–H groups in total. The van der Waals surface area contributed by atoms with Crippen molar-refractivity contribution in [3.8, 4) is 16.8 Å². The molecular formula is C80H77BN4S. The Kier molecular flexibility index (Phi) is 6.46. The van der Waals surface area contributed by atoms with E-state index in [1.807, 2.05) is 0 Å². The van der Waals surface area contributed by atoms with Crippen LogP contribution in [0, 0.1) is 0 Å². The molecular weight excluding hydrogens is 1060 g/mol. The SMILES string of the molecule is [2H]c1c([2H])c2c3c(c1[2H])-n1c4c([2H])c([2H])c(C(C)(C)C)c([2H])c4c4c([2H])c(C(C)(C)C)c([2H])c(c41)N3c1c([2H])c(C(C)(C)C)c([2H])c3c1B2c1c([2H])c([2H])c(N(c2c([2H])c([2H])c(C(C)(C)C)c([2H])c2[2H])c2c([2H])c([2H])c(C(C)(C)C)c([2H])c2[2H])c([2H])c1N3c1c([2H])c([2H])c(-c2c([2H])c([2H])c([2H])c3sc4c([2H])c([2H])c([2H])c([2H])c4c23)c([2H])c1[2H]. The molecule has 0 unspecified atom stereocenters. The molecule has 6 heteroatoms. The lowest BCUT2D eigenvalue weighted by molar-refractivity contribution is 0.590. The molecule has 86 heavy (non-hydrogen) atoms. The van der Waals surface area contributed by atoms with Gasteiger partial charge in [-0.25, -0.2) is 0 Å². The molecule has 0 saturated carbocycles. The smallest absolute Gasteiger partial charge is 0.252 e. The maximum Gasteiger partial charge on any atom is 0.252 e. The molecule has 0 aliphatic carbocycles. The minimum Gasteiger partial charge on any atom is -0.311 e. The van der Waals surface area contributed by atoms with Gasteiger partial charge in [0.15, 0.2) is 0 Å². The van der Waals surface area contributed by atoms with Gasteiger partial charge in [0.05, 0.1) is 72.0 Å². The van der Waals surface area contributed by atoms with Crippen LogP contribution < -0.4 is 31.1 Å². The fourth-order valence-electron chi connectivity index (χ4n) is 11.4. The average molecular weight is 1170 g/mol.